The number of halogens is 1. The monoisotopic (exact) mass is 447 g/mol. The molecule has 0 amide bonds. The number of esters is 2. The zero-order valence-corrected chi connectivity index (χ0v) is 18.7. The Morgan fingerprint density at radius 2 is 1.79 bits per heavy atom. The predicted molar refractivity (Wildman–Crippen MR) is 106 cm³/mol. The van der Waals surface area contributed by atoms with Crippen molar-refractivity contribution in [3.63, 3.8) is 0 Å². The Morgan fingerprint density at radius 3 is 2.34 bits per heavy atom. The summed E-state index contributed by atoms with van der Waals surface area (Å²) in [5, 5.41) is -0.0134. The molecule has 0 radical (unpaired) electrons. The zero-order chi connectivity index (χ0) is 22.0. The van der Waals surface area contributed by atoms with Gasteiger partial charge in [-0.15, -0.1) is 0 Å². The van der Waals surface area contributed by atoms with Crippen LogP contribution in [0.4, 0.5) is 0 Å². The van der Waals surface area contributed by atoms with Crippen LogP contribution in [0.1, 0.15) is 45.0 Å². The molecule has 2 atom stereocenters. The largest absolute Gasteiger partial charge is 0.457 e. The van der Waals surface area contributed by atoms with E-state index in [4.69, 9.17) is 25.8 Å². The van der Waals surface area contributed by atoms with Gasteiger partial charge in [-0.25, -0.2) is 18.0 Å². The molecule has 1 aromatic rings. The molecule has 1 saturated heterocycles. The quantitative estimate of drug-likeness (QED) is 0.639. The van der Waals surface area contributed by atoms with Crippen molar-refractivity contribution in [1.29, 1.82) is 0 Å². The van der Waals surface area contributed by atoms with Crippen LogP contribution < -0.4 is 0 Å². The number of carbonyl (C=O) groups is 2. The van der Waals surface area contributed by atoms with Crippen molar-refractivity contribution in [2.45, 2.75) is 57.3 Å². The number of rotatable bonds is 5. The molecule has 0 N–H and O–H groups in total. The van der Waals surface area contributed by atoms with Gasteiger partial charge in [0, 0.05) is 13.1 Å². The minimum absolute atomic E-state index is 0.0134. The van der Waals surface area contributed by atoms with Gasteiger partial charge in [0.25, 0.3) is 0 Å². The highest BCUT2D eigenvalue weighted by Crippen LogP contribution is 2.28. The summed E-state index contributed by atoms with van der Waals surface area (Å²) in [5.74, 6) is -1.56. The number of morpholine rings is 1. The van der Waals surface area contributed by atoms with E-state index < -0.39 is 34.2 Å². The molecule has 0 aromatic heterocycles. The number of hydrogen-bond acceptors (Lipinski definition) is 7. The maximum atomic E-state index is 13.1. The molecule has 10 heteroatoms. The van der Waals surface area contributed by atoms with Crippen molar-refractivity contribution in [1.82, 2.24) is 4.31 Å². The molecular formula is C19H26ClNO7S. The lowest BCUT2D eigenvalue weighted by Gasteiger charge is -2.34. The van der Waals surface area contributed by atoms with E-state index in [1.54, 1.807) is 34.6 Å². The number of ether oxygens (including phenoxy) is 3. The molecule has 0 saturated carbocycles. The molecule has 8 nitrogen and oxygen atoms in total. The molecule has 1 fully saturated rings. The first kappa shape index (κ1) is 23.6. The van der Waals surface area contributed by atoms with Crippen molar-refractivity contribution in [2.24, 2.45) is 0 Å². The fraction of sp³-hybridized carbons (Fsp3) is 0.579. The van der Waals surface area contributed by atoms with Gasteiger partial charge < -0.3 is 14.2 Å². The lowest BCUT2D eigenvalue weighted by Crippen LogP contribution is -2.48. The number of benzene rings is 1. The Hall–Kier alpha value is -1.68. The molecule has 29 heavy (non-hydrogen) atoms. The molecule has 1 aromatic carbocycles. The van der Waals surface area contributed by atoms with Gasteiger partial charge in [0.15, 0.2) is 6.61 Å². The lowest BCUT2D eigenvalue weighted by molar-refractivity contribution is -0.158. The zero-order valence-electron chi connectivity index (χ0n) is 17.1. The molecule has 0 aliphatic carbocycles. The summed E-state index contributed by atoms with van der Waals surface area (Å²) in [6, 6.07) is 3.80. The van der Waals surface area contributed by atoms with Crippen molar-refractivity contribution in [2.75, 3.05) is 19.7 Å². The van der Waals surface area contributed by atoms with Gasteiger partial charge in [-0.05, 0) is 52.8 Å². The normalized spacial score (nSPS) is 20.9. The second-order valence-corrected chi connectivity index (χ2v) is 10.2. The van der Waals surface area contributed by atoms with Gasteiger partial charge >= 0.3 is 11.9 Å². The molecule has 0 spiro atoms. The third-order valence-corrected chi connectivity index (χ3v) is 6.23. The van der Waals surface area contributed by atoms with Gasteiger partial charge in [0.1, 0.15) is 10.5 Å². The fourth-order valence-corrected chi connectivity index (χ4v) is 4.96. The second-order valence-electron chi connectivity index (χ2n) is 7.89. The molecule has 2 rings (SSSR count). The van der Waals surface area contributed by atoms with Gasteiger partial charge in [0.05, 0.1) is 22.8 Å². The van der Waals surface area contributed by atoms with E-state index in [1.165, 1.54) is 16.4 Å². The molecular weight excluding hydrogens is 422 g/mol. The van der Waals surface area contributed by atoms with E-state index >= 15 is 0 Å². The Bertz CT molecular complexity index is 869. The first-order valence-electron chi connectivity index (χ1n) is 9.13. The number of nitrogens with zero attached hydrogens (tertiary/aromatic N) is 1. The highest BCUT2D eigenvalue weighted by atomic mass is 35.5. The van der Waals surface area contributed by atoms with Crippen molar-refractivity contribution >= 4 is 33.6 Å². The van der Waals surface area contributed by atoms with E-state index in [-0.39, 0.29) is 40.8 Å². The lowest BCUT2D eigenvalue weighted by atomic mass is 10.2. The summed E-state index contributed by atoms with van der Waals surface area (Å²) < 4.78 is 43.0. The van der Waals surface area contributed by atoms with E-state index in [0.717, 1.165) is 6.07 Å². The fourth-order valence-electron chi connectivity index (χ4n) is 2.87. The summed E-state index contributed by atoms with van der Waals surface area (Å²) in [5.41, 5.74) is -0.747. The smallest absolute Gasteiger partial charge is 0.344 e. The standard InChI is InChI=1S/C19H26ClNO7S/c1-12-9-21(10-13(2)27-12)29(24,25)16-8-14(6-7-15(16)20)18(23)26-11-17(22)28-19(3,4)5/h6-8,12-13H,9-11H2,1-5H3/t12-,13-/m1/s1. The van der Waals surface area contributed by atoms with Gasteiger partial charge in [-0.3, -0.25) is 0 Å². The van der Waals surface area contributed by atoms with Crippen LogP contribution in [0.3, 0.4) is 0 Å². The van der Waals surface area contributed by atoms with E-state index in [0.29, 0.717) is 0 Å². The molecule has 1 aliphatic heterocycles. The summed E-state index contributed by atoms with van der Waals surface area (Å²) >= 11 is 6.11. The summed E-state index contributed by atoms with van der Waals surface area (Å²) in [4.78, 5) is 23.8. The highest BCUT2D eigenvalue weighted by molar-refractivity contribution is 7.89. The number of carbonyl (C=O) groups excluding carboxylic acids is 2. The molecule has 162 valence electrons. The summed E-state index contributed by atoms with van der Waals surface area (Å²) in [6.45, 7) is 8.41. The Labute approximate surface area is 176 Å². The van der Waals surface area contributed by atoms with Crippen LogP contribution in [0.2, 0.25) is 5.02 Å². The van der Waals surface area contributed by atoms with E-state index in [2.05, 4.69) is 0 Å². The van der Waals surface area contributed by atoms with Gasteiger partial charge in [-0.1, -0.05) is 11.6 Å². The minimum Gasteiger partial charge on any atom is -0.457 e. The topological polar surface area (TPSA) is 99.2 Å². The Morgan fingerprint density at radius 1 is 1.21 bits per heavy atom. The summed E-state index contributed by atoms with van der Waals surface area (Å²) in [7, 11) is -3.95. The van der Waals surface area contributed by atoms with Crippen LogP contribution in [-0.4, -0.2) is 62.2 Å². The van der Waals surface area contributed by atoms with Gasteiger partial charge in [-0.2, -0.15) is 4.31 Å². The maximum Gasteiger partial charge on any atom is 0.344 e. The Balaban J connectivity index is 2.18. The average Bonchev–Trinajstić information content (AvgIpc) is 2.57. The molecule has 0 unspecified atom stereocenters. The first-order chi connectivity index (χ1) is 13.3. The van der Waals surface area contributed by atoms with Crippen LogP contribution in [0.5, 0.6) is 0 Å². The molecule has 0 bridgehead atoms. The van der Waals surface area contributed by atoms with Crippen LogP contribution in [0.25, 0.3) is 0 Å². The predicted octanol–water partition coefficient (Wildman–Crippen LogP) is 2.64. The van der Waals surface area contributed by atoms with Crippen molar-refractivity contribution < 1.29 is 32.2 Å². The van der Waals surface area contributed by atoms with E-state index in [9.17, 15) is 18.0 Å². The number of sulfonamides is 1. The minimum atomic E-state index is -3.95. The van der Waals surface area contributed by atoms with Crippen LogP contribution in [0.15, 0.2) is 23.1 Å². The molecule has 1 heterocycles. The maximum absolute atomic E-state index is 13.1. The SMILES string of the molecule is C[C@@H]1CN(S(=O)(=O)c2cc(C(=O)OCC(=O)OC(C)(C)C)ccc2Cl)C[C@@H](C)O1. The van der Waals surface area contributed by atoms with Crippen molar-refractivity contribution in [3.8, 4) is 0 Å². The molecule has 1 aliphatic rings. The highest BCUT2D eigenvalue weighted by Gasteiger charge is 2.34. The third kappa shape index (κ3) is 6.40. The van der Waals surface area contributed by atoms with Crippen LogP contribution >= 0.6 is 11.6 Å². The first-order valence-corrected chi connectivity index (χ1v) is 11.0. The third-order valence-electron chi connectivity index (χ3n) is 3.91. The number of hydrogen-bond donors (Lipinski definition) is 0. The van der Waals surface area contributed by atoms with E-state index in [1.807, 2.05) is 0 Å². The van der Waals surface area contributed by atoms with Gasteiger partial charge in [0.2, 0.25) is 10.0 Å². The average molecular weight is 448 g/mol. The Kier molecular flexibility index (Phi) is 7.32. The van der Waals surface area contributed by atoms with Crippen LogP contribution in [-0.2, 0) is 29.0 Å². The second kappa shape index (κ2) is 8.99. The van der Waals surface area contributed by atoms with Crippen molar-refractivity contribution in [3.05, 3.63) is 28.8 Å². The summed E-state index contributed by atoms with van der Waals surface area (Å²) in [6.07, 6.45) is -0.538. The van der Waals surface area contributed by atoms with Crippen LogP contribution in [0, 0.1) is 0 Å².